The molecular formula is C27H30Cl2N4O4. The van der Waals surface area contributed by atoms with E-state index in [-0.39, 0.29) is 18.7 Å². The van der Waals surface area contributed by atoms with E-state index in [1.165, 1.54) is 4.90 Å². The summed E-state index contributed by atoms with van der Waals surface area (Å²) in [5.74, 6) is -0.476. The third kappa shape index (κ3) is 7.57. The standard InChI is InChI=1S/C27H30Cl2N4O4/c1-5-27(3,4)31-26(36)25(20-11-6-7-12-21(20)29)33(19-10-8-9-18(28)16-19)24(35)14-13-23(34)30-22-15-17(2)37-32-22/h6-12,15-16,25H,5,13-14H2,1-4H3,(H,31,36)(H,30,32,34)/t25-/m0/s1. The highest BCUT2D eigenvalue weighted by Gasteiger charge is 2.36. The lowest BCUT2D eigenvalue weighted by Crippen LogP contribution is -2.50. The first kappa shape index (κ1) is 28.2. The van der Waals surface area contributed by atoms with Gasteiger partial charge in [-0.25, -0.2) is 0 Å². The summed E-state index contributed by atoms with van der Waals surface area (Å²) in [6, 6.07) is 14.0. The Hall–Kier alpha value is -3.36. The summed E-state index contributed by atoms with van der Waals surface area (Å²) < 4.78 is 4.96. The van der Waals surface area contributed by atoms with Crippen molar-refractivity contribution in [3.05, 3.63) is 76.0 Å². The summed E-state index contributed by atoms with van der Waals surface area (Å²) in [7, 11) is 0. The van der Waals surface area contributed by atoms with Crippen molar-refractivity contribution in [2.45, 2.75) is 58.5 Å². The van der Waals surface area contributed by atoms with Crippen molar-refractivity contribution in [1.29, 1.82) is 0 Å². The van der Waals surface area contributed by atoms with Crippen molar-refractivity contribution in [2.24, 2.45) is 0 Å². The Bertz CT molecular complexity index is 1270. The first-order valence-corrected chi connectivity index (χ1v) is 12.6. The van der Waals surface area contributed by atoms with Gasteiger partial charge < -0.3 is 15.2 Å². The van der Waals surface area contributed by atoms with Crippen LogP contribution in [0.25, 0.3) is 0 Å². The fourth-order valence-electron chi connectivity index (χ4n) is 3.62. The quantitative estimate of drug-likeness (QED) is 0.321. The Labute approximate surface area is 226 Å². The van der Waals surface area contributed by atoms with Gasteiger partial charge in [0, 0.05) is 45.7 Å². The zero-order valence-electron chi connectivity index (χ0n) is 21.2. The molecule has 0 saturated heterocycles. The van der Waals surface area contributed by atoms with E-state index in [4.69, 9.17) is 27.7 Å². The van der Waals surface area contributed by atoms with E-state index in [0.717, 1.165) is 0 Å². The number of carbonyl (C=O) groups excluding carboxylic acids is 3. The van der Waals surface area contributed by atoms with Crippen molar-refractivity contribution in [3.8, 4) is 0 Å². The van der Waals surface area contributed by atoms with Crippen LogP contribution in [0.4, 0.5) is 11.5 Å². The van der Waals surface area contributed by atoms with Gasteiger partial charge in [0.05, 0.1) is 0 Å². The second-order valence-electron chi connectivity index (χ2n) is 9.27. The number of hydrogen-bond acceptors (Lipinski definition) is 5. The monoisotopic (exact) mass is 544 g/mol. The molecule has 0 fully saturated rings. The predicted octanol–water partition coefficient (Wildman–Crippen LogP) is 6.09. The molecule has 1 aromatic heterocycles. The SMILES string of the molecule is CCC(C)(C)NC(=O)[C@H](c1ccccc1Cl)N(C(=O)CCC(=O)Nc1cc(C)on1)c1cccc(Cl)c1. The number of hydrogen-bond donors (Lipinski definition) is 2. The van der Waals surface area contributed by atoms with Crippen molar-refractivity contribution < 1.29 is 18.9 Å². The van der Waals surface area contributed by atoms with Crippen molar-refractivity contribution >= 4 is 52.4 Å². The van der Waals surface area contributed by atoms with Crippen LogP contribution in [0, 0.1) is 6.92 Å². The lowest BCUT2D eigenvalue weighted by atomic mass is 9.98. The molecule has 0 saturated carbocycles. The lowest BCUT2D eigenvalue weighted by molar-refractivity contribution is -0.128. The van der Waals surface area contributed by atoms with Gasteiger partial charge in [-0.15, -0.1) is 0 Å². The number of aromatic nitrogens is 1. The molecule has 0 aliphatic rings. The van der Waals surface area contributed by atoms with E-state index in [2.05, 4.69) is 15.8 Å². The Kier molecular flexibility index (Phi) is 9.34. The molecule has 1 heterocycles. The van der Waals surface area contributed by atoms with Crippen LogP contribution in [-0.4, -0.2) is 28.4 Å². The molecular weight excluding hydrogens is 515 g/mol. The zero-order valence-corrected chi connectivity index (χ0v) is 22.7. The predicted molar refractivity (Wildman–Crippen MR) is 145 cm³/mol. The molecule has 0 spiro atoms. The van der Waals surface area contributed by atoms with E-state index >= 15 is 0 Å². The Morgan fingerprint density at radius 1 is 1.05 bits per heavy atom. The van der Waals surface area contributed by atoms with Gasteiger partial charge in [-0.3, -0.25) is 19.3 Å². The third-order valence-corrected chi connectivity index (χ3v) is 6.45. The van der Waals surface area contributed by atoms with E-state index in [0.29, 0.717) is 33.5 Å². The molecule has 3 amide bonds. The van der Waals surface area contributed by atoms with E-state index in [1.807, 2.05) is 20.8 Å². The number of halogens is 2. The van der Waals surface area contributed by atoms with E-state index in [9.17, 15) is 14.4 Å². The summed E-state index contributed by atoms with van der Waals surface area (Å²) in [6.07, 6.45) is 0.348. The summed E-state index contributed by atoms with van der Waals surface area (Å²) in [6.45, 7) is 7.46. The fraction of sp³-hybridized carbons (Fsp3) is 0.333. The topological polar surface area (TPSA) is 105 Å². The first-order chi connectivity index (χ1) is 17.5. The molecule has 2 aromatic carbocycles. The first-order valence-electron chi connectivity index (χ1n) is 11.9. The summed E-state index contributed by atoms with van der Waals surface area (Å²) in [4.78, 5) is 41.3. The maximum absolute atomic E-state index is 13.8. The maximum Gasteiger partial charge on any atom is 0.248 e. The normalized spacial score (nSPS) is 12.1. The summed E-state index contributed by atoms with van der Waals surface area (Å²) in [5.41, 5.74) is 0.318. The molecule has 8 nitrogen and oxygen atoms in total. The second-order valence-corrected chi connectivity index (χ2v) is 10.1. The zero-order chi connectivity index (χ0) is 27.2. The number of anilines is 2. The van der Waals surface area contributed by atoms with Crippen molar-refractivity contribution in [2.75, 3.05) is 10.2 Å². The minimum absolute atomic E-state index is 0.140. The minimum atomic E-state index is -1.10. The molecule has 3 aromatic rings. The summed E-state index contributed by atoms with van der Waals surface area (Å²) >= 11 is 12.8. The van der Waals surface area contributed by atoms with Gasteiger partial charge >= 0.3 is 0 Å². The molecule has 3 rings (SSSR count). The molecule has 0 unspecified atom stereocenters. The van der Waals surface area contributed by atoms with E-state index in [1.54, 1.807) is 61.5 Å². The fourth-order valence-corrected chi connectivity index (χ4v) is 4.04. The molecule has 1 atom stereocenters. The highest BCUT2D eigenvalue weighted by molar-refractivity contribution is 6.32. The van der Waals surface area contributed by atoms with E-state index < -0.39 is 29.3 Å². The van der Waals surface area contributed by atoms with Crippen LogP contribution in [0.1, 0.15) is 57.4 Å². The molecule has 37 heavy (non-hydrogen) atoms. The highest BCUT2D eigenvalue weighted by atomic mass is 35.5. The van der Waals surface area contributed by atoms with Crippen molar-refractivity contribution in [1.82, 2.24) is 10.5 Å². The number of rotatable bonds is 10. The number of nitrogens with one attached hydrogen (secondary N) is 2. The van der Waals surface area contributed by atoms with Crippen molar-refractivity contribution in [3.63, 3.8) is 0 Å². The van der Waals surface area contributed by atoms with Gasteiger partial charge in [0.15, 0.2) is 5.82 Å². The van der Waals surface area contributed by atoms with Gasteiger partial charge in [0.25, 0.3) is 0 Å². The van der Waals surface area contributed by atoms with Crippen LogP contribution in [0.2, 0.25) is 10.0 Å². The van der Waals surface area contributed by atoms with Gasteiger partial charge in [-0.2, -0.15) is 0 Å². The second kappa shape index (κ2) is 12.3. The van der Waals surface area contributed by atoms with Gasteiger partial charge in [0.2, 0.25) is 17.7 Å². The summed E-state index contributed by atoms with van der Waals surface area (Å²) in [5, 5.41) is 10.1. The molecule has 0 aliphatic heterocycles. The van der Waals surface area contributed by atoms with Crippen LogP contribution in [0.3, 0.4) is 0 Å². The smallest absolute Gasteiger partial charge is 0.248 e. The number of carbonyl (C=O) groups is 3. The number of benzene rings is 2. The lowest BCUT2D eigenvalue weighted by Gasteiger charge is -2.35. The highest BCUT2D eigenvalue weighted by Crippen LogP contribution is 2.34. The average molecular weight is 545 g/mol. The maximum atomic E-state index is 13.8. The number of amides is 3. The molecule has 196 valence electrons. The minimum Gasteiger partial charge on any atom is -0.360 e. The number of nitrogens with zero attached hydrogens (tertiary/aromatic N) is 2. The van der Waals surface area contributed by atoms with Crippen LogP contribution in [0.15, 0.2) is 59.1 Å². The van der Waals surface area contributed by atoms with Gasteiger partial charge in [-0.05, 0) is 51.5 Å². The Balaban J connectivity index is 1.98. The van der Waals surface area contributed by atoms with Crippen LogP contribution < -0.4 is 15.5 Å². The largest absolute Gasteiger partial charge is 0.360 e. The van der Waals surface area contributed by atoms with Gasteiger partial charge in [0.1, 0.15) is 11.8 Å². The van der Waals surface area contributed by atoms with Crippen LogP contribution in [0.5, 0.6) is 0 Å². The molecule has 2 N–H and O–H groups in total. The number of aryl methyl sites for hydroxylation is 1. The third-order valence-electron chi connectivity index (χ3n) is 5.87. The molecule has 0 bridgehead atoms. The van der Waals surface area contributed by atoms with Gasteiger partial charge in [-0.1, -0.05) is 59.5 Å². The molecule has 0 radical (unpaired) electrons. The molecule has 10 heteroatoms. The Morgan fingerprint density at radius 3 is 2.41 bits per heavy atom. The van der Waals surface area contributed by atoms with Crippen LogP contribution >= 0.6 is 23.2 Å². The Morgan fingerprint density at radius 2 is 1.78 bits per heavy atom. The molecule has 0 aliphatic carbocycles. The average Bonchev–Trinajstić information content (AvgIpc) is 3.25. The van der Waals surface area contributed by atoms with Crippen LogP contribution in [-0.2, 0) is 14.4 Å².